The van der Waals surface area contributed by atoms with Crippen molar-refractivity contribution < 1.29 is 9.32 Å². The maximum absolute atomic E-state index is 11.6. The summed E-state index contributed by atoms with van der Waals surface area (Å²) >= 11 is 0. The number of carbonyl (C=O) groups excluding carboxylic acids is 1. The third kappa shape index (κ3) is 3.09. The Hall–Kier alpha value is -1.83. The predicted molar refractivity (Wildman–Crippen MR) is 57.0 cm³/mol. The molecule has 1 aromatic rings. The van der Waals surface area contributed by atoms with Crippen LogP contribution in [-0.4, -0.2) is 11.1 Å². The minimum absolute atomic E-state index is 0.00135. The van der Waals surface area contributed by atoms with Gasteiger partial charge in [-0.1, -0.05) is 19.0 Å². The van der Waals surface area contributed by atoms with E-state index in [1.807, 2.05) is 19.9 Å². The Morgan fingerprint density at radius 1 is 1.69 bits per heavy atom. The molecule has 0 spiro atoms. The van der Waals surface area contributed by atoms with Crippen LogP contribution in [0.2, 0.25) is 0 Å². The van der Waals surface area contributed by atoms with E-state index >= 15 is 0 Å². The van der Waals surface area contributed by atoms with Crippen molar-refractivity contribution in [1.82, 2.24) is 10.5 Å². The van der Waals surface area contributed by atoms with Gasteiger partial charge in [0.25, 0.3) is 0 Å². The fourth-order valence-corrected chi connectivity index (χ4v) is 1.29. The van der Waals surface area contributed by atoms with Crippen molar-refractivity contribution in [1.29, 1.82) is 5.26 Å². The molecule has 0 aromatic carbocycles. The van der Waals surface area contributed by atoms with Gasteiger partial charge in [-0.3, -0.25) is 4.79 Å². The summed E-state index contributed by atoms with van der Waals surface area (Å²) in [5, 5.41) is 15.2. The quantitative estimate of drug-likeness (QED) is 0.833. The number of aromatic nitrogens is 1. The summed E-state index contributed by atoms with van der Waals surface area (Å²) in [6.45, 7) is 5.75. The molecule has 0 bridgehead atoms. The monoisotopic (exact) mass is 221 g/mol. The van der Waals surface area contributed by atoms with Crippen LogP contribution < -0.4 is 5.32 Å². The molecule has 0 fully saturated rings. The van der Waals surface area contributed by atoms with Crippen LogP contribution in [0.25, 0.3) is 0 Å². The smallest absolute Gasteiger partial charge is 0.237 e. The lowest BCUT2D eigenvalue weighted by Crippen LogP contribution is -2.32. The molecule has 5 heteroatoms. The Bertz CT molecular complexity index is 404. The minimum Gasteiger partial charge on any atom is -0.359 e. The van der Waals surface area contributed by atoms with E-state index in [9.17, 15) is 4.79 Å². The number of hydrogen-bond donors (Lipinski definition) is 1. The first-order chi connectivity index (χ1) is 7.54. The molecule has 1 heterocycles. The van der Waals surface area contributed by atoms with E-state index in [-0.39, 0.29) is 18.4 Å². The highest BCUT2D eigenvalue weighted by Crippen LogP contribution is 2.10. The van der Waals surface area contributed by atoms with Crippen molar-refractivity contribution >= 4 is 5.91 Å². The molecule has 1 N–H and O–H groups in total. The second kappa shape index (κ2) is 5.31. The van der Waals surface area contributed by atoms with E-state index in [2.05, 4.69) is 10.5 Å². The van der Waals surface area contributed by atoms with Crippen molar-refractivity contribution in [3.8, 4) is 6.07 Å². The number of rotatable bonds is 4. The van der Waals surface area contributed by atoms with Crippen LogP contribution in [0.5, 0.6) is 0 Å². The standard InChI is InChI=1S/C11H15N3O2/c1-7(2)10(5-12)11(15)13-6-9-4-8(3)14-16-9/h4,7,10H,6H2,1-3H3,(H,13,15). The number of hydrogen-bond acceptors (Lipinski definition) is 4. The molecular formula is C11H15N3O2. The summed E-state index contributed by atoms with van der Waals surface area (Å²) in [6.07, 6.45) is 0. The van der Waals surface area contributed by atoms with Crippen LogP contribution in [0.15, 0.2) is 10.6 Å². The van der Waals surface area contributed by atoms with Crippen molar-refractivity contribution in [2.75, 3.05) is 0 Å². The van der Waals surface area contributed by atoms with Gasteiger partial charge in [-0.25, -0.2) is 0 Å². The molecule has 0 aliphatic heterocycles. The van der Waals surface area contributed by atoms with E-state index in [0.29, 0.717) is 5.76 Å². The molecule has 1 rings (SSSR count). The van der Waals surface area contributed by atoms with E-state index in [1.165, 1.54) is 0 Å². The zero-order valence-electron chi connectivity index (χ0n) is 9.65. The average molecular weight is 221 g/mol. The third-order valence-electron chi connectivity index (χ3n) is 2.20. The fraction of sp³-hybridized carbons (Fsp3) is 0.545. The molecular weight excluding hydrogens is 206 g/mol. The van der Waals surface area contributed by atoms with Gasteiger partial charge in [-0.15, -0.1) is 0 Å². The molecule has 0 aliphatic carbocycles. The van der Waals surface area contributed by atoms with E-state index in [0.717, 1.165) is 5.69 Å². The number of nitriles is 1. The van der Waals surface area contributed by atoms with Crippen molar-refractivity contribution in [3.05, 3.63) is 17.5 Å². The van der Waals surface area contributed by atoms with Gasteiger partial charge < -0.3 is 9.84 Å². The van der Waals surface area contributed by atoms with Crippen molar-refractivity contribution in [3.63, 3.8) is 0 Å². The van der Waals surface area contributed by atoms with E-state index in [1.54, 1.807) is 13.0 Å². The Balaban J connectivity index is 2.50. The number of nitrogens with one attached hydrogen (secondary N) is 1. The molecule has 86 valence electrons. The van der Waals surface area contributed by atoms with Gasteiger partial charge in [0.1, 0.15) is 5.92 Å². The second-order valence-electron chi connectivity index (χ2n) is 4.00. The van der Waals surface area contributed by atoms with Gasteiger partial charge in [0.2, 0.25) is 5.91 Å². The number of amides is 1. The molecule has 0 saturated heterocycles. The molecule has 0 saturated carbocycles. The SMILES string of the molecule is Cc1cc(CNC(=O)C(C#N)C(C)C)on1. The van der Waals surface area contributed by atoms with E-state index < -0.39 is 5.92 Å². The van der Waals surface area contributed by atoms with Crippen LogP contribution >= 0.6 is 0 Å². The topological polar surface area (TPSA) is 78.9 Å². The van der Waals surface area contributed by atoms with Gasteiger partial charge in [-0.2, -0.15) is 5.26 Å². The first-order valence-electron chi connectivity index (χ1n) is 5.14. The highest BCUT2D eigenvalue weighted by Gasteiger charge is 2.21. The van der Waals surface area contributed by atoms with Crippen LogP contribution in [-0.2, 0) is 11.3 Å². The highest BCUT2D eigenvalue weighted by atomic mass is 16.5. The highest BCUT2D eigenvalue weighted by molar-refractivity contribution is 5.81. The lowest BCUT2D eigenvalue weighted by atomic mass is 9.97. The molecule has 5 nitrogen and oxygen atoms in total. The molecule has 0 radical (unpaired) electrons. The molecule has 1 amide bonds. The Kier molecular flexibility index (Phi) is 4.06. The van der Waals surface area contributed by atoms with Crippen LogP contribution in [0.1, 0.15) is 25.3 Å². The van der Waals surface area contributed by atoms with Gasteiger partial charge in [0.15, 0.2) is 5.76 Å². The second-order valence-corrected chi connectivity index (χ2v) is 4.00. The summed E-state index contributed by atoms with van der Waals surface area (Å²) in [6, 6.07) is 3.73. The summed E-state index contributed by atoms with van der Waals surface area (Å²) in [7, 11) is 0. The normalized spacial score (nSPS) is 12.2. The molecule has 1 unspecified atom stereocenters. The Morgan fingerprint density at radius 2 is 2.38 bits per heavy atom. The number of aryl methyl sites for hydroxylation is 1. The number of nitrogens with zero attached hydrogens (tertiary/aromatic N) is 2. The van der Waals surface area contributed by atoms with Crippen molar-refractivity contribution in [2.45, 2.75) is 27.3 Å². The van der Waals surface area contributed by atoms with Crippen molar-refractivity contribution in [2.24, 2.45) is 11.8 Å². The van der Waals surface area contributed by atoms with Crippen LogP contribution in [0.3, 0.4) is 0 Å². The van der Waals surface area contributed by atoms with Crippen LogP contribution in [0.4, 0.5) is 0 Å². The first kappa shape index (κ1) is 12.2. The van der Waals surface area contributed by atoms with Gasteiger partial charge in [0.05, 0.1) is 18.3 Å². The van der Waals surface area contributed by atoms with E-state index in [4.69, 9.17) is 9.78 Å². The third-order valence-corrected chi connectivity index (χ3v) is 2.20. The summed E-state index contributed by atoms with van der Waals surface area (Å²) < 4.78 is 4.94. The Morgan fingerprint density at radius 3 is 2.81 bits per heavy atom. The van der Waals surface area contributed by atoms with Crippen LogP contribution in [0, 0.1) is 30.1 Å². The minimum atomic E-state index is -0.621. The fourth-order valence-electron chi connectivity index (χ4n) is 1.29. The summed E-state index contributed by atoms with van der Waals surface area (Å²) in [5.74, 6) is -0.302. The zero-order valence-corrected chi connectivity index (χ0v) is 9.65. The molecule has 1 aromatic heterocycles. The lowest BCUT2D eigenvalue weighted by Gasteiger charge is -2.11. The largest absolute Gasteiger partial charge is 0.359 e. The molecule has 0 aliphatic rings. The summed E-state index contributed by atoms with van der Waals surface area (Å²) in [5.41, 5.74) is 0.768. The average Bonchev–Trinajstić information content (AvgIpc) is 2.62. The lowest BCUT2D eigenvalue weighted by molar-refractivity contribution is -0.124. The van der Waals surface area contributed by atoms with Gasteiger partial charge >= 0.3 is 0 Å². The van der Waals surface area contributed by atoms with Gasteiger partial charge in [-0.05, 0) is 12.8 Å². The first-order valence-corrected chi connectivity index (χ1v) is 5.14. The zero-order chi connectivity index (χ0) is 12.1. The Labute approximate surface area is 94.4 Å². The maximum atomic E-state index is 11.6. The molecule has 1 atom stereocenters. The number of carbonyl (C=O) groups is 1. The van der Waals surface area contributed by atoms with Gasteiger partial charge in [0, 0.05) is 6.07 Å². The molecule has 16 heavy (non-hydrogen) atoms. The summed E-state index contributed by atoms with van der Waals surface area (Å²) in [4.78, 5) is 11.6. The maximum Gasteiger partial charge on any atom is 0.237 e. The predicted octanol–water partition coefficient (Wildman–Crippen LogP) is 1.39.